The molecule has 3 rings (SSSR count). The molecular weight excluding hydrogens is 378 g/mol. The number of amides is 1. The van der Waals surface area contributed by atoms with Crippen molar-refractivity contribution in [1.82, 2.24) is 0 Å². The van der Waals surface area contributed by atoms with E-state index in [9.17, 15) is 9.59 Å². The molecule has 4 nitrogen and oxygen atoms in total. The Bertz CT molecular complexity index is 827. The van der Waals surface area contributed by atoms with Crippen LogP contribution in [0, 0.1) is 12.8 Å². The largest absolute Gasteiger partial charge is 0.462 e. The summed E-state index contributed by atoms with van der Waals surface area (Å²) in [5.74, 6) is 0.486. The van der Waals surface area contributed by atoms with Gasteiger partial charge in [-0.1, -0.05) is 24.6 Å². The van der Waals surface area contributed by atoms with Crippen LogP contribution in [0.25, 0.3) is 0 Å². The Labute approximate surface area is 168 Å². The molecule has 0 radical (unpaired) electrons. The monoisotopic (exact) mass is 403 g/mol. The third-order valence-corrected chi connectivity index (χ3v) is 6.82. The summed E-state index contributed by atoms with van der Waals surface area (Å²) in [4.78, 5) is 27.2. The Balaban J connectivity index is 1.73. The van der Waals surface area contributed by atoms with Crippen molar-refractivity contribution in [1.29, 1.82) is 0 Å². The fourth-order valence-electron chi connectivity index (χ4n) is 3.20. The van der Waals surface area contributed by atoms with Gasteiger partial charge in [-0.2, -0.15) is 0 Å². The number of carbonyl (C=O) groups is 2. The molecule has 0 fully saturated rings. The van der Waals surface area contributed by atoms with Gasteiger partial charge in [0.15, 0.2) is 0 Å². The number of rotatable bonds is 6. The fraction of sp³-hybridized carbons (Fsp3) is 0.429. The van der Waals surface area contributed by atoms with Crippen LogP contribution in [0.2, 0.25) is 0 Å². The van der Waals surface area contributed by atoms with E-state index in [1.54, 1.807) is 6.92 Å². The molecule has 1 aliphatic carbocycles. The van der Waals surface area contributed by atoms with Crippen molar-refractivity contribution in [2.75, 3.05) is 17.7 Å². The van der Waals surface area contributed by atoms with Crippen molar-refractivity contribution in [2.24, 2.45) is 5.92 Å². The van der Waals surface area contributed by atoms with E-state index in [0.29, 0.717) is 28.8 Å². The molecule has 0 saturated carbocycles. The highest BCUT2D eigenvalue weighted by Gasteiger charge is 2.29. The number of benzene rings is 1. The second-order valence-electron chi connectivity index (χ2n) is 6.93. The lowest BCUT2D eigenvalue weighted by Gasteiger charge is -2.18. The molecule has 27 heavy (non-hydrogen) atoms. The van der Waals surface area contributed by atoms with Gasteiger partial charge in [-0.15, -0.1) is 23.1 Å². The molecule has 6 heteroatoms. The average molecular weight is 404 g/mol. The number of esters is 1. The molecule has 1 unspecified atom stereocenters. The molecule has 0 saturated heterocycles. The van der Waals surface area contributed by atoms with Gasteiger partial charge in [-0.05, 0) is 56.7 Å². The van der Waals surface area contributed by atoms with Crippen LogP contribution in [0.15, 0.2) is 29.2 Å². The third kappa shape index (κ3) is 4.93. The van der Waals surface area contributed by atoms with E-state index in [-0.39, 0.29) is 11.9 Å². The second kappa shape index (κ2) is 8.93. The maximum absolute atomic E-state index is 12.5. The number of ether oxygens (including phenoxy) is 1. The summed E-state index contributed by atoms with van der Waals surface area (Å²) in [5, 5.41) is 3.60. The van der Waals surface area contributed by atoms with Gasteiger partial charge < -0.3 is 10.1 Å². The summed E-state index contributed by atoms with van der Waals surface area (Å²) in [6.45, 7) is 6.40. The molecule has 1 aromatic heterocycles. The van der Waals surface area contributed by atoms with Gasteiger partial charge in [-0.3, -0.25) is 4.79 Å². The number of hydrogen-bond acceptors (Lipinski definition) is 5. The molecule has 0 spiro atoms. The molecule has 144 valence electrons. The van der Waals surface area contributed by atoms with E-state index in [1.807, 2.05) is 31.2 Å². The van der Waals surface area contributed by atoms with Crippen molar-refractivity contribution in [2.45, 2.75) is 44.9 Å². The second-order valence-corrected chi connectivity index (χ2v) is 9.08. The van der Waals surface area contributed by atoms with Crippen molar-refractivity contribution in [3.05, 3.63) is 45.8 Å². The Kier molecular flexibility index (Phi) is 6.60. The Morgan fingerprint density at radius 3 is 2.74 bits per heavy atom. The maximum atomic E-state index is 12.5. The molecule has 1 aliphatic rings. The predicted molar refractivity (Wildman–Crippen MR) is 112 cm³/mol. The Morgan fingerprint density at radius 1 is 1.30 bits per heavy atom. The van der Waals surface area contributed by atoms with E-state index >= 15 is 0 Å². The molecular formula is C21H25NO3S2. The average Bonchev–Trinajstić information content (AvgIpc) is 2.98. The first-order chi connectivity index (χ1) is 13.0. The number of anilines is 1. The standard InChI is InChI=1S/C21H25NO3S2/c1-4-25-21(24)19-16-10-7-14(3)11-17(16)27-20(19)22-18(23)12-26-15-8-5-13(2)6-9-15/h5-6,8-9,14H,4,7,10-12H2,1-3H3,(H,22,23). The summed E-state index contributed by atoms with van der Waals surface area (Å²) in [7, 11) is 0. The Hall–Kier alpha value is -1.79. The zero-order valence-electron chi connectivity index (χ0n) is 16.0. The van der Waals surface area contributed by atoms with E-state index in [0.717, 1.165) is 29.7 Å². The van der Waals surface area contributed by atoms with Gasteiger partial charge in [0.2, 0.25) is 5.91 Å². The van der Waals surface area contributed by atoms with E-state index in [4.69, 9.17) is 4.74 Å². The SMILES string of the molecule is CCOC(=O)c1c(NC(=O)CSc2ccc(C)cc2)sc2c1CCC(C)C2. The molecule has 0 bridgehead atoms. The highest BCUT2D eigenvalue weighted by Crippen LogP contribution is 2.40. The topological polar surface area (TPSA) is 55.4 Å². The molecule has 1 aromatic carbocycles. The minimum atomic E-state index is -0.328. The van der Waals surface area contributed by atoms with Crippen molar-refractivity contribution < 1.29 is 14.3 Å². The van der Waals surface area contributed by atoms with E-state index in [2.05, 4.69) is 12.2 Å². The van der Waals surface area contributed by atoms with Crippen LogP contribution in [-0.2, 0) is 22.4 Å². The van der Waals surface area contributed by atoms with Gasteiger partial charge in [0, 0.05) is 9.77 Å². The molecule has 1 N–H and O–H groups in total. The lowest BCUT2D eigenvalue weighted by molar-refractivity contribution is -0.113. The van der Waals surface area contributed by atoms with E-state index < -0.39 is 0 Å². The van der Waals surface area contributed by atoms with Crippen LogP contribution in [0.4, 0.5) is 5.00 Å². The third-order valence-electron chi connectivity index (χ3n) is 4.64. The number of thiophene rings is 1. The predicted octanol–water partition coefficient (Wildman–Crippen LogP) is 5.09. The number of thioether (sulfide) groups is 1. The summed E-state index contributed by atoms with van der Waals surface area (Å²) >= 11 is 3.02. The first-order valence-corrected chi connectivity index (χ1v) is 11.1. The summed E-state index contributed by atoms with van der Waals surface area (Å²) in [5.41, 5.74) is 2.83. The van der Waals surface area contributed by atoms with Crippen molar-refractivity contribution in [3.63, 3.8) is 0 Å². The molecule has 0 aliphatic heterocycles. The zero-order chi connectivity index (χ0) is 19.4. The molecule has 1 heterocycles. The number of hydrogen-bond donors (Lipinski definition) is 1. The smallest absolute Gasteiger partial charge is 0.341 e. The van der Waals surface area contributed by atoms with E-state index in [1.165, 1.54) is 33.5 Å². The maximum Gasteiger partial charge on any atom is 0.341 e. The molecule has 1 amide bonds. The van der Waals surface area contributed by atoms with Crippen molar-refractivity contribution in [3.8, 4) is 0 Å². The zero-order valence-corrected chi connectivity index (χ0v) is 17.6. The Morgan fingerprint density at radius 2 is 2.04 bits per heavy atom. The minimum Gasteiger partial charge on any atom is -0.462 e. The van der Waals surface area contributed by atoms with Crippen molar-refractivity contribution >= 4 is 40.0 Å². The highest BCUT2D eigenvalue weighted by molar-refractivity contribution is 8.00. The van der Waals surface area contributed by atoms with Gasteiger partial charge in [0.05, 0.1) is 17.9 Å². The molecule has 2 aromatic rings. The summed E-state index contributed by atoms with van der Waals surface area (Å²) in [6, 6.07) is 8.10. The van der Waals surface area contributed by atoms with Crippen LogP contribution in [-0.4, -0.2) is 24.2 Å². The van der Waals surface area contributed by atoms with Crippen LogP contribution < -0.4 is 5.32 Å². The quantitative estimate of drug-likeness (QED) is 0.539. The minimum absolute atomic E-state index is 0.0993. The first-order valence-electron chi connectivity index (χ1n) is 9.29. The number of nitrogens with one attached hydrogen (secondary N) is 1. The normalized spacial score (nSPS) is 15.9. The van der Waals surface area contributed by atoms with Crippen LogP contribution in [0.3, 0.4) is 0 Å². The lowest BCUT2D eigenvalue weighted by Crippen LogP contribution is -2.17. The summed E-state index contributed by atoms with van der Waals surface area (Å²) < 4.78 is 5.25. The van der Waals surface area contributed by atoms with Crippen LogP contribution in [0.5, 0.6) is 0 Å². The lowest BCUT2D eigenvalue weighted by atomic mass is 9.88. The van der Waals surface area contributed by atoms with Gasteiger partial charge in [0.1, 0.15) is 5.00 Å². The number of carbonyl (C=O) groups excluding carboxylic acids is 2. The first kappa shape index (κ1) is 20.0. The number of aryl methyl sites for hydroxylation is 1. The number of fused-ring (bicyclic) bond motifs is 1. The van der Waals surface area contributed by atoms with Gasteiger partial charge in [-0.25, -0.2) is 4.79 Å². The fourth-order valence-corrected chi connectivity index (χ4v) is 5.32. The summed E-state index contributed by atoms with van der Waals surface area (Å²) in [6.07, 6.45) is 2.89. The van der Waals surface area contributed by atoms with Crippen LogP contribution >= 0.6 is 23.1 Å². The van der Waals surface area contributed by atoms with Crippen LogP contribution in [0.1, 0.15) is 46.6 Å². The van der Waals surface area contributed by atoms with Gasteiger partial charge >= 0.3 is 5.97 Å². The van der Waals surface area contributed by atoms with Gasteiger partial charge in [0.25, 0.3) is 0 Å². The molecule has 1 atom stereocenters. The highest BCUT2D eigenvalue weighted by atomic mass is 32.2.